The first-order chi connectivity index (χ1) is 22.8. The van der Waals surface area contributed by atoms with Gasteiger partial charge in [-0.05, 0) is 56.9 Å². The molecule has 2 amide bonds. The van der Waals surface area contributed by atoms with Crippen LogP contribution in [-0.4, -0.2) is 73.0 Å². The average molecular weight is 681 g/mol. The quantitative estimate of drug-likeness (QED) is 0.304. The zero-order valence-corrected chi connectivity index (χ0v) is 27.0. The van der Waals surface area contributed by atoms with Crippen molar-refractivity contribution in [2.45, 2.75) is 95.8 Å². The number of carbonyl (C=O) groups excluding carboxylic acids is 2. The molecule has 262 valence electrons. The molecule has 4 atom stereocenters. The van der Waals surface area contributed by atoms with E-state index in [1.165, 1.54) is 15.4 Å². The van der Waals surface area contributed by atoms with Crippen LogP contribution >= 0.6 is 0 Å². The number of rotatable bonds is 9. The molecule has 1 aliphatic carbocycles. The third-order valence-corrected chi connectivity index (χ3v) is 10.3. The third kappa shape index (κ3) is 7.32. The highest BCUT2D eigenvalue weighted by Crippen LogP contribution is 2.42. The van der Waals surface area contributed by atoms with Gasteiger partial charge in [0.25, 0.3) is 11.7 Å². The molecule has 0 radical (unpaired) electrons. The molecule has 0 bridgehead atoms. The number of ether oxygens (including phenoxy) is 1. The van der Waals surface area contributed by atoms with Gasteiger partial charge >= 0.3 is 6.18 Å². The summed E-state index contributed by atoms with van der Waals surface area (Å²) in [4.78, 5) is 35.9. The number of hydrogen-bond acceptors (Lipinski definition) is 7. The predicted octanol–water partition coefficient (Wildman–Crippen LogP) is 5.02. The topological polar surface area (TPSA) is 128 Å². The lowest BCUT2D eigenvalue weighted by molar-refractivity contribution is -0.183. The normalized spacial score (nSPS) is 23.9. The second-order valence-corrected chi connectivity index (χ2v) is 13.4. The summed E-state index contributed by atoms with van der Waals surface area (Å²) in [5.74, 6) is -6.41. The van der Waals surface area contributed by atoms with Crippen molar-refractivity contribution in [1.29, 1.82) is 0 Å². The molecule has 0 spiro atoms. The van der Waals surface area contributed by atoms with Gasteiger partial charge in [0.15, 0.2) is 0 Å². The largest absolute Gasteiger partial charge is 0.393 e. The average Bonchev–Trinajstić information content (AvgIpc) is 3.71. The number of amides is 2. The standard InChI is InChI=1S/C32H41F5N8O3/c1-3-44-25(6-11-39-44)29(47)41-27(20-4-9-31(33,34)10-5-20)24-17-45-30(40-24)42-26(18(2)19-7-12-48-13-8-19)23(43-45)15-21-14-22(32(35,36)37)16-38-28(21)46/h6,11,17-22,27H,3-5,7-10,12-16H2,1-2H3,(H,38,46)(H,41,47)/t18-,21+,22+,27-/m0/s1. The molecule has 0 aromatic carbocycles. The first-order valence-electron chi connectivity index (χ1n) is 16.7. The van der Waals surface area contributed by atoms with E-state index in [0.717, 1.165) is 12.8 Å². The minimum absolute atomic E-state index is 0.0450. The molecular weight excluding hydrogens is 639 g/mol. The van der Waals surface area contributed by atoms with Crippen LogP contribution in [0, 0.1) is 23.7 Å². The second kappa shape index (κ2) is 13.7. The Morgan fingerprint density at radius 1 is 1.15 bits per heavy atom. The number of carbonyl (C=O) groups is 2. The van der Waals surface area contributed by atoms with E-state index >= 15 is 0 Å². The number of fused-ring (bicyclic) bond motifs is 1. The van der Waals surface area contributed by atoms with Gasteiger partial charge in [0.05, 0.1) is 35.2 Å². The molecule has 6 rings (SSSR count). The second-order valence-electron chi connectivity index (χ2n) is 13.4. The van der Waals surface area contributed by atoms with Crippen LogP contribution < -0.4 is 10.6 Å². The molecule has 3 aromatic rings. The smallest absolute Gasteiger partial charge is 0.381 e. The van der Waals surface area contributed by atoms with Gasteiger partial charge in [0, 0.05) is 63.6 Å². The highest BCUT2D eigenvalue weighted by molar-refractivity contribution is 5.92. The fourth-order valence-electron chi connectivity index (χ4n) is 7.36. The van der Waals surface area contributed by atoms with Gasteiger partial charge in [-0.25, -0.2) is 23.3 Å². The molecule has 16 heteroatoms. The number of nitrogens with zero attached hydrogens (tertiary/aromatic N) is 6. The Morgan fingerprint density at radius 2 is 1.88 bits per heavy atom. The Labute approximate surface area is 274 Å². The molecule has 2 aliphatic heterocycles. The fraction of sp³-hybridized carbons (Fsp3) is 0.688. The number of halogens is 5. The summed E-state index contributed by atoms with van der Waals surface area (Å²) in [6, 6.07) is 0.840. The van der Waals surface area contributed by atoms with Crippen LogP contribution in [0.25, 0.3) is 5.78 Å². The molecule has 0 unspecified atom stereocenters. The Morgan fingerprint density at radius 3 is 2.56 bits per heavy atom. The molecular formula is C32H41F5N8O3. The predicted molar refractivity (Wildman–Crippen MR) is 162 cm³/mol. The lowest BCUT2D eigenvalue weighted by atomic mass is 9.81. The number of hydrogen-bond donors (Lipinski definition) is 2. The zero-order valence-electron chi connectivity index (χ0n) is 27.0. The number of aryl methyl sites for hydroxylation is 1. The number of nitrogens with one attached hydrogen (secondary N) is 2. The lowest BCUT2D eigenvalue weighted by Gasteiger charge is -2.33. The molecule has 3 fully saturated rings. The fourth-order valence-corrected chi connectivity index (χ4v) is 7.36. The molecule has 2 N–H and O–H groups in total. The minimum atomic E-state index is -4.45. The van der Waals surface area contributed by atoms with E-state index in [4.69, 9.17) is 19.8 Å². The van der Waals surface area contributed by atoms with Gasteiger partial charge in [-0.2, -0.15) is 23.4 Å². The third-order valence-electron chi connectivity index (χ3n) is 10.3. The Kier molecular flexibility index (Phi) is 9.73. The summed E-state index contributed by atoms with van der Waals surface area (Å²) < 4.78 is 77.8. The molecule has 11 nitrogen and oxygen atoms in total. The van der Waals surface area contributed by atoms with Crippen LogP contribution in [-0.2, 0) is 22.5 Å². The van der Waals surface area contributed by atoms with Crippen molar-refractivity contribution in [2.75, 3.05) is 19.8 Å². The van der Waals surface area contributed by atoms with Crippen molar-refractivity contribution in [2.24, 2.45) is 23.7 Å². The molecule has 48 heavy (non-hydrogen) atoms. The van der Waals surface area contributed by atoms with Crippen molar-refractivity contribution in [3.05, 3.63) is 41.2 Å². The van der Waals surface area contributed by atoms with E-state index in [-0.39, 0.29) is 62.1 Å². The molecule has 3 aliphatic rings. The van der Waals surface area contributed by atoms with Gasteiger partial charge < -0.3 is 15.4 Å². The SMILES string of the molecule is CCn1nccc1C(=O)N[C@H](c1cn2nc(C[C@H]3C[C@@H](C(F)(F)F)CNC3=O)c([C@@H](C)C3CCOCC3)nc2n1)C1CCC(F)(F)CC1. The van der Waals surface area contributed by atoms with Crippen molar-refractivity contribution >= 4 is 17.6 Å². The maximum atomic E-state index is 14.2. The van der Waals surface area contributed by atoms with Crippen LogP contribution in [0.2, 0.25) is 0 Å². The van der Waals surface area contributed by atoms with E-state index in [0.29, 0.717) is 42.5 Å². The van der Waals surface area contributed by atoms with Gasteiger partial charge in [-0.15, -0.1) is 0 Å². The highest BCUT2D eigenvalue weighted by atomic mass is 19.4. The minimum Gasteiger partial charge on any atom is -0.381 e. The zero-order chi connectivity index (χ0) is 34.2. The number of piperidine rings is 1. The summed E-state index contributed by atoms with van der Waals surface area (Å²) in [6.45, 7) is 4.98. The number of aromatic nitrogens is 6. The van der Waals surface area contributed by atoms with E-state index in [2.05, 4.69) is 15.7 Å². The van der Waals surface area contributed by atoms with Crippen molar-refractivity contribution in [1.82, 2.24) is 40.0 Å². The van der Waals surface area contributed by atoms with Crippen LogP contribution in [0.5, 0.6) is 0 Å². The Bertz CT molecular complexity index is 1610. The van der Waals surface area contributed by atoms with E-state index in [1.807, 2.05) is 13.8 Å². The van der Waals surface area contributed by atoms with Crippen LogP contribution in [0.15, 0.2) is 18.5 Å². The summed E-state index contributed by atoms with van der Waals surface area (Å²) in [6.07, 6.45) is -0.536. The Hall–Kier alpha value is -3.69. The van der Waals surface area contributed by atoms with E-state index in [9.17, 15) is 31.5 Å². The maximum absolute atomic E-state index is 14.2. The number of imidazole rings is 1. The van der Waals surface area contributed by atoms with Gasteiger partial charge in [0.1, 0.15) is 5.69 Å². The van der Waals surface area contributed by atoms with Crippen LogP contribution in [0.1, 0.15) is 98.3 Å². The maximum Gasteiger partial charge on any atom is 0.393 e. The Balaban J connectivity index is 1.37. The summed E-state index contributed by atoms with van der Waals surface area (Å²) >= 11 is 0. The molecule has 3 aromatic heterocycles. The summed E-state index contributed by atoms with van der Waals surface area (Å²) in [5, 5.41) is 14.4. The van der Waals surface area contributed by atoms with Crippen molar-refractivity contribution < 1.29 is 36.3 Å². The summed E-state index contributed by atoms with van der Waals surface area (Å²) in [7, 11) is 0. The summed E-state index contributed by atoms with van der Waals surface area (Å²) in [5.41, 5.74) is 1.66. The number of alkyl halides is 5. The van der Waals surface area contributed by atoms with Gasteiger partial charge in [0.2, 0.25) is 11.8 Å². The van der Waals surface area contributed by atoms with Crippen LogP contribution in [0.3, 0.4) is 0 Å². The monoisotopic (exact) mass is 680 g/mol. The van der Waals surface area contributed by atoms with E-state index < -0.39 is 48.3 Å². The molecule has 5 heterocycles. The van der Waals surface area contributed by atoms with Gasteiger partial charge in [-0.1, -0.05) is 6.92 Å². The molecule has 1 saturated carbocycles. The molecule has 2 saturated heterocycles. The van der Waals surface area contributed by atoms with Crippen LogP contribution in [0.4, 0.5) is 22.0 Å². The lowest BCUT2D eigenvalue weighted by Crippen LogP contribution is -2.47. The first-order valence-corrected chi connectivity index (χ1v) is 16.7. The van der Waals surface area contributed by atoms with Crippen molar-refractivity contribution in [3.8, 4) is 0 Å². The first kappa shape index (κ1) is 34.2. The van der Waals surface area contributed by atoms with Gasteiger partial charge in [-0.3, -0.25) is 14.3 Å². The highest BCUT2D eigenvalue weighted by Gasteiger charge is 2.45. The van der Waals surface area contributed by atoms with E-state index in [1.54, 1.807) is 12.3 Å². The van der Waals surface area contributed by atoms with Crippen molar-refractivity contribution in [3.63, 3.8) is 0 Å².